The molecule has 0 aliphatic carbocycles. The van der Waals surface area contributed by atoms with E-state index in [0.29, 0.717) is 22.7 Å². The Kier molecular flexibility index (Phi) is 4.03. The fourth-order valence-electron chi connectivity index (χ4n) is 2.22. The van der Waals surface area contributed by atoms with Gasteiger partial charge in [-0.2, -0.15) is 0 Å². The second-order valence-electron chi connectivity index (χ2n) is 4.64. The van der Waals surface area contributed by atoms with Gasteiger partial charge in [-0.3, -0.25) is 0 Å². The molecule has 2 rings (SSSR count). The molecule has 0 heterocycles. The number of rotatable bonds is 4. The molecule has 2 aromatic rings. The van der Waals surface area contributed by atoms with Gasteiger partial charge in [-0.1, -0.05) is 6.07 Å². The maximum absolute atomic E-state index is 11.3. The zero-order valence-electron chi connectivity index (χ0n) is 12.1. The lowest BCUT2D eigenvalue weighted by Crippen LogP contribution is -2.01. The molecule has 0 amide bonds. The number of carboxylic acids is 1. The highest BCUT2D eigenvalue weighted by Crippen LogP contribution is 2.41. The Morgan fingerprint density at radius 2 is 1.81 bits per heavy atom. The van der Waals surface area contributed by atoms with E-state index < -0.39 is 5.97 Å². The number of carbonyl (C=O) groups is 1. The quantitative estimate of drug-likeness (QED) is 0.845. The SMILES string of the molecule is COc1cc(C(=O)O)cc(-c2cc(N)ccc2C)c1OC. The van der Waals surface area contributed by atoms with Crippen LogP contribution in [0.1, 0.15) is 15.9 Å². The number of aryl methyl sites for hydroxylation is 1. The smallest absolute Gasteiger partial charge is 0.335 e. The lowest BCUT2D eigenvalue weighted by atomic mass is 9.96. The van der Waals surface area contributed by atoms with Gasteiger partial charge >= 0.3 is 5.97 Å². The van der Waals surface area contributed by atoms with Crippen molar-refractivity contribution in [2.75, 3.05) is 20.0 Å². The van der Waals surface area contributed by atoms with Crippen LogP contribution in [0.15, 0.2) is 30.3 Å². The van der Waals surface area contributed by atoms with E-state index in [4.69, 9.17) is 15.2 Å². The Morgan fingerprint density at radius 1 is 1.10 bits per heavy atom. The minimum atomic E-state index is -1.03. The van der Waals surface area contributed by atoms with Crippen LogP contribution in [0.5, 0.6) is 11.5 Å². The van der Waals surface area contributed by atoms with Crippen LogP contribution < -0.4 is 15.2 Å². The molecule has 0 radical (unpaired) electrons. The fraction of sp³-hybridized carbons (Fsp3) is 0.188. The highest BCUT2D eigenvalue weighted by atomic mass is 16.5. The second-order valence-corrected chi connectivity index (χ2v) is 4.64. The van der Waals surface area contributed by atoms with Gasteiger partial charge in [0.1, 0.15) is 0 Å². The molecule has 0 aliphatic heterocycles. The summed E-state index contributed by atoms with van der Waals surface area (Å²) >= 11 is 0. The molecule has 2 aromatic carbocycles. The summed E-state index contributed by atoms with van der Waals surface area (Å²) in [7, 11) is 2.99. The van der Waals surface area contributed by atoms with E-state index in [1.54, 1.807) is 18.2 Å². The van der Waals surface area contributed by atoms with Gasteiger partial charge in [0.05, 0.1) is 19.8 Å². The predicted molar refractivity (Wildman–Crippen MR) is 81.1 cm³/mol. The summed E-state index contributed by atoms with van der Waals surface area (Å²) in [6, 6.07) is 8.46. The van der Waals surface area contributed by atoms with E-state index in [-0.39, 0.29) is 5.56 Å². The summed E-state index contributed by atoms with van der Waals surface area (Å²) in [5.74, 6) is -0.177. The molecule has 21 heavy (non-hydrogen) atoms. The van der Waals surface area contributed by atoms with Crippen LogP contribution in [-0.4, -0.2) is 25.3 Å². The van der Waals surface area contributed by atoms with Crippen molar-refractivity contribution in [1.82, 2.24) is 0 Å². The molecule has 110 valence electrons. The number of carboxylic acid groups (broad SMARTS) is 1. The molecule has 0 unspecified atom stereocenters. The Morgan fingerprint density at radius 3 is 2.38 bits per heavy atom. The molecule has 0 bridgehead atoms. The highest BCUT2D eigenvalue weighted by molar-refractivity contribution is 5.92. The van der Waals surface area contributed by atoms with Gasteiger partial charge in [0.15, 0.2) is 11.5 Å². The predicted octanol–water partition coefficient (Wildman–Crippen LogP) is 2.96. The standard InChI is InChI=1S/C16H17NO4/c1-9-4-5-11(17)8-12(9)13-6-10(16(18)19)7-14(20-2)15(13)21-3/h4-8H,17H2,1-3H3,(H,18,19). The Labute approximate surface area is 122 Å². The van der Waals surface area contributed by atoms with E-state index in [2.05, 4.69) is 0 Å². The summed E-state index contributed by atoms with van der Waals surface area (Å²) < 4.78 is 10.6. The monoisotopic (exact) mass is 287 g/mol. The molecule has 0 saturated carbocycles. The van der Waals surface area contributed by atoms with E-state index >= 15 is 0 Å². The number of hydrogen-bond acceptors (Lipinski definition) is 4. The number of benzene rings is 2. The van der Waals surface area contributed by atoms with E-state index in [9.17, 15) is 9.90 Å². The van der Waals surface area contributed by atoms with Crippen LogP contribution in [0.3, 0.4) is 0 Å². The van der Waals surface area contributed by atoms with Gasteiger partial charge in [0, 0.05) is 11.3 Å². The average molecular weight is 287 g/mol. The minimum Gasteiger partial charge on any atom is -0.493 e. The van der Waals surface area contributed by atoms with Gasteiger partial charge in [0.25, 0.3) is 0 Å². The summed E-state index contributed by atoms with van der Waals surface area (Å²) in [5, 5.41) is 9.24. The summed E-state index contributed by atoms with van der Waals surface area (Å²) in [5.41, 5.74) is 8.98. The van der Waals surface area contributed by atoms with Gasteiger partial charge in [0.2, 0.25) is 0 Å². The number of methoxy groups -OCH3 is 2. The van der Waals surface area contributed by atoms with Crippen LogP contribution in [0.25, 0.3) is 11.1 Å². The van der Waals surface area contributed by atoms with Crippen LogP contribution in [-0.2, 0) is 0 Å². The molecule has 3 N–H and O–H groups in total. The van der Waals surface area contributed by atoms with Gasteiger partial charge in [-0.25, -0.2) is 4.79 Å². The zero-order valence-corrected chi connectivity index (χ0v) is 12.1. The van der Waals surface area contributed by atoms with Crippen LogP contribution in [0, 0.1) is 6.92 Å². The molecule has 0 atom stereocenters. The molecular weight excluding hydrogens is 270 g/mol. The Hall–Kier alpha value is -2.69. The van der Waals surface area contributed by atoms with E-state index in [0.717, 1.165) is 11.1 Å². The van der Waals surface area contributed by atoms with Crippen molar-refractivity contribution in [2.24, 2.45) is 0 Å². The topological polar surface area (TPSA) is 81.8 Å². The van der Waals surface area contributed by atoms with Gasteiger partial charge in [-0.05, 0) is 42.3 Å². The van der Waals surface area contributed by atoms with E-state index in [1.165, 1.54) is 20.3 Å². The first-order valence-corrected chi connectivity index (χ1v) is 6.33. The molecule has 0 aliphatic rings. The van der Waals surface area contributed by atoms with Crippen LogP contribution in [0.4, 0.5) is 5.69 Å². The number of aromatic carboxylic acids is 1. The third-order valence-electron chi connectivity index (χ3n) is 3.28. The van der Waals surface area contributed by atoms with Crippen molar-refractivity contribution in [1.29, 1.82) is 0 Å². The lowest BCUT2D eigenvalue weighted by molar-refractivity contribution is 0.0696. The number of nitrogens with two attached hydrogens (primary N) is 1. The molecular formula is C16H17NO4. The third-order valence-corrected chi connectivity index (χ3v) is 3.28. The van der Waals surface area contributed by atoms with Crippen LogP contribution in [0.2, 0.25) is 0 Å². The van der Waals surface area contributed by atoms with Gasteiger partial charge in [-0.15, -0.1) is 0 Å². The number of ether oxygens (including phenoxy) is 2. The van der Waals surface area contributed by atoms with Crippen molar-refractivity contribution in [2.45, 2.75) is 6.92 Å². The fourth-order valence-corrected chi connectivity index (χ4v) is 2.22. The maximum atomic E-state index is 11.3. The summed E-state index contributed by atoms with van der Waals surface area (Å²) in [6.45, 7) is 1.92. The lowest BCUT2D eigenvalue weighted by Gasteiger charge is -2.16. The number of anilines is 1. The molecule has 0 saturated heterocycles. The second kappa shape index (κ2) is 5.75. The van der Waals surface area contributed by atoms with Crippen molar-refractivity contribution < 1.29 is 19.4 Å². The average Bonchev–Trinajstić information content (AvgIpc) is 2.48. The zero-order chi connectivity index (χ0) is 15.6. The first-order valence-electron chi connectivity index (χ1n) is 6.33. The minimum absolute atomic E-state index is 0.129. The third kappa shape index (κ3) is 2.76. The Balaban J connectivity index is 2.79. The summed E-state index contributed by atoms with van der Waals surface area (Å²) in [4.78, 5) is 11.3. The number of nitrogen functional groups attached to an aromatic ring is 1. The number of hydrogen-bond donors (Lipinski definition) is 2. The molecule has 5 nitrogen and oxygen atoms in total. The molecule has 5 heteroatoms. The summed E-state index contributed by atoms with van der Waals surface area (Å²) in [6.07, 6.45) is 0. The largest absolute Gasteiger partial charge is 0.493 e. The first-order chi connectivity index (χ1) is 9.97. The molecule has 0 fully saturated rings. The highest BCUT2D eigenvalue weighted by Gasteiger charge is 2.18. The van der Waals surface area contributed by atoms with Crippen molar-refractivity contribution in [3.63, 3.8) is 0 Å². The van der Waals surface area contributed by atoms with Crippen molar-refractivity contribution in [3.05, 3.63) is 41.5 Å². The van der Waals surface area contributed by atoms with Crippen molar-refractivity contribution in [3.8, 4) is 22.6 Å². The van der Waals surface area contributed by atoms with Gasteiger partial charge < -0.3 is 20.3 Å². The Bertz CT molecular complexity index is 695. The van der Waals surface area contributed by atoms with Crippen molar-refractivity contribution >= 4 is 11.7 Å². The van der Waals surface area contributed by atoms with E-state index in [1.807, 2.05) is 13.0 Å². The van der Waals surface area contributed by atoms with Crippen LogP contribution >= 0.6 is 0 Å². The first kappa shape index (κ1) is 14.7. The maximum Gasteiger partial charge on any atom is 0.335 e. The normalized spacial score (nSPS) is 10.2. The molecule has 0 aromatic heterocycles. The molecule has 0 spiro atoms.